The molecule has 2 atom stereocenters. The Morgan fingerprint density at radius 2 is 2.16 bits per heavy atom. The van der Waals surface area contributed by atoms with Crippen LogP contribution in [-0.4, -0.2) is 11.0 Å². The van der Waals surface area contributed by atoms with E-state index in [1.54, 1.807) is 0 Å². The normalized spacial score (nSPS) is 27.6. The maximum Gasteiger partial charge on any atom is 0.0720 e. The van der Waals surface area contributed by atoms with Crippen molar-refractivity contribution in [2.75, 3.05) is 0 Å². The summed E-state index contributed by atoms with van der Waals surface area (Å²) in [5, 5.41) is 1.78. The Bertz CT molecular complexity index is 613. The molecule has 0 bridgehead atoms. The van der Waals surface area contributed by atoms with Crippen LogP contribution in [0.4, 0.5) is 0 Å². The summed E-state index contributed by atoms with van der Waals surface area (Å²) in [6.07, 6.45) is 5.75. The number of rotatable bonds is 1. The number of nitrogens with zero attached hydrogens (tertiary/aromatic N) is 1. The van der Waals surface area contributed by atoms with Crippen LogP contribution in [0, 0.1) is 0 Å². The number of fused-ring (bicyclic) bond motifs is 1. The van der Waals surface area contributed by atoms with E-state index in [-0.39, 0.29) is 11.6 Å². The highest BCUT2D eigenvalue weighted by atomic mass is 35.5. The fourth-order valence-corrected chi connectivity index (χ4v) is 3.32. The second-order valence-corrected chi connectivity index (χ2v) is 5.97. The molecular formula is C15H18ClN3. The zero-order chi connectivity index (χ0) is 13.5. The third-order valence-corrected chi connectivity index (χ3v) is 4.30. The van der Waals surface area contributed by atoms with E-state index < -0.39 is 0 Å². The summed E-state index contributed by atoms with van der Waals surface area (Å²) in [6, 6.07) is 7.99. The lowest BCUT2D eigenvalue weighted by Gasteiger charge is -2.37. The molecule has 4 heteroatoms. The summed E-state index contributed by atoms with van der Waals surface area (Å²) < 4.78 is 0. The van der Waals surface area contributed by atoms with E-state index in [1.807, 2.05) is 30.5 Å². The highest BCUT2D eigenvalue weighted by Crippen LogP contribution is 2.37. The molecular weight excluding hydrogens is 258 g/mol. The molecule has 3 nitrogen and oxygen atoms in total. The third kappa shape index (κ3) is 2.34. The van der Waals surface area contributed by atoms with Crippen molar-refractivity contribution in [3.8, 4) is 0 Å². The van der Waals surface area contributed by atoms with Gasteiger partial charge in [0.25, 0.3) is 0 Å². The molecule has 1 heterocycles. The van der Waals surface area contributed by atoms with Gasteiger partial charge in [-0.2, -0.15) is 0 Å². The number of benzene rings is 1. The number of hydrogen-bond acceptors (Lipinski definition) is 3. The van der Waals surface area contributed by atoms with Crippen molar-refractivity contribution in [3.05, 3.63) is 41.0 Å². The first kappa shape index (κ1) is 12.9. The molecule has 100 valence electrons. The summed E-state index contributed by atoms with van der Waals surface area (Å²) in [6.45, 7) is 0. The predicted molar refractivity (Wildman–Crippen MR) is 79.1 cm³/mol. The van der Waals surface area contributed by atoms with Crippen LogP contribution in [0.3, 0.4) is 0 Å². The quantitative estimate of drug-likeness (QED) is 0.841. The molecule has 2 aromatic rings. The Balaban J connectivity index is 2.14. The van der Waals surface area contributed by atoms with Crippen molar-refractivity contribution in [1.82, 2.24) is 4.98 Å². The van der Waals surface area contributed by atoms with E-state index in [9.17, 15) is 0 Å². The van der Waals surface area contributed by atoms with Crippen LogP contribution < -0.4 is 11.5 Å². The molecule has 1 aromatic heterocycles. The van der Waals surface area contributed by atoms with Gasteiger partial charge in [-0.05, 0) is 49.4 Å². The Hall–Kier alpha value is -1.16. The molecule has 1 fully saturated rings. The summed E-state index contributed by atoms with van der Waals surface area (Å²) in [5.74, 6) is 0. The highest BCUT2D eigenvalue weighted by Gasteiger charge is 2.34. The van der Waals surface area contributed by atoms with Gasteiger partial charge in [-0.3, -0.25) is 4.98 Å². The Labute approximate surface area is 117 Å². The molecule has 0 amide bonds. The zero-order valence-corrected chi connectivity index (χ0v) is 11.5. The molecule has 0 aliphatic heterocycles. The number of hydrogen-bond donors (Lipinski definition) is 2. The second-order valence-electron chi connectivity index (χ2n) is 5.53. The molecule has 3 rings (SSSR count). The van der Waals surface area contributed by atoms with Gasteiger partial charge in [0.05, 0.1) is 5.52 Å². The summed E-state index contributed by atoms with van der Waals surface area (Å²) in [5.41, 5.74) is 14.4. The van der Waals surface area contributed by atoms with Crippen molar-refractivity contribution >= 4 is 22.5 Å². The molecule has 0 spiro atoms. The zero-order valence-electron chi connectivity index (χ0n) is 10.8. The molecule has 1 aromatic carbocycles. The van der Waals surface area contributed by atoms with Crippen molar-refractivity contribution in [2.24, 2.45) is 11.5 Å². The first-order valence-electron chi connectivity index (χ1n) is 6.68. The van der Waals surface area contributed by atoms with Crippen molar-refractivity contribution in [3.63, 3.8) is 0 Å². The van der Waals surface area contributed by atoms with Crippen LogP contribution in [-0.2, 0) is 5.54 Å². The number of halogens is 1. The monoisotopic (exact) mass is 275 g/mol. The van der Waals surface area contributed by atoms with Crippen molar-refractivity contribution in [2.45, 2.75) is 37.3 Å². The molecule has 0 saturated heterocycles. The number of nitrogens with two attached hydrogens (primary N) is 2. The summed E-state index contributed by atoms with van der Waals surface area (Å²) >= 11 is 6.02. The van der Waals surface area contributed by atoms with Gasteiger partial charge in [0.1, 0.15) is 0 Å². The second kappa shape index (κ2) is 4.75. The van der Waals surface area contributed by atoms with E-state index in [0.29, 0.717) is 5.02 Å². The average molecular weight is 276 g/mol. The lowest BCUT2D eigenvalue weighted by molar-refractivity contribution is 0.275. The van der Waals surface area contributed by atoms with E-state index in [1.165, 1.54) is 0 Å². The van der Waals surface area contributed by atoms with E-state index in [2.05, 4.69) is 4.98 Å². The van der Waals surface area contributed by atoms with Crippen LogP contribution >= 0.6 is 11.6 Å². The van der Waals surface area contributed by atoms with Crippen LogP contribution in [0.1, 0.15) is 31.2 Å². The average Bonchev–Trinajstić information content (AvgIpc) is 2.37. The SMILES string of the molecule is NC1CCCC(N)(c2ccnc3cc(Cl)ccc23)C1. The van der Waals surface area contributed by atoms with E-state index in [0.717, 1.165) is 42.1 Å². The first-order chi connectivity index (χ1) is 9.08. The Morgan fingerprint density at radius 1 is 1.32 bits per heavy atom. The number of aromatic nitrogens is 1. The maximum absolute atomic E-state index is 6.63. The standard InChI is InChI=1S/C15H18ClN3/c16-10-3-4-12-13(5-7-19-14(12)8-10)15(18)6-1-2-11(17)9-15/h3-5,7-8,11H,1-2,6,9,17-18H2. The van der Waals surface area contributed by atoms with E-state index in [4.69, 9.17) is 23.1 Å². The minimum Gasteiger partial charge on any atom is -0.328 e. The van der Waals surface area contributed by atoms with Gasteiger partial charge in [0.2, 0.25) is 0 Å². The van der Waals surface area contributed by atoms with Crippen LogP contribution in [0.2, 0.25) is 5.02 Å². The predicted octanol–water partition coefficient (Wildman–Crippen LogP) is 2.94. The molecule has 2 unspecified atom stereocenters. The molecule has 1 aliphatic rings. The van der Waals surface area contributed by atoms with Gasteiger partial charge in [-0.1, -0.05) is 17.7 Å². The molecule has 0 radical (unpaired) electrons. The topological polar surface area (TPSA) is 64.9 Å². The lowest BCUT2D eigenvalue weighted by Crippen LogP contribution is -2.45. The Kier molecular flexibility index (Phi) is 3.21. The smallest absolute Gasteiger partial charge is 0.0720 e. The molecule has 19 heavy (non-hydrogen) atoms. The summed E-state index contributed by atoms with van der Waals surface area (Å²) in [7, 11) is 0. The highest BCUT2D eigenvalue weighted by molar-refractivity contribution is 6.31. The van der Waals surface area contributed by atoms with Crippen LogP contribution in [0.5, 0.6) is 0 Å². The lowest BCUT2D eigenvalue weighted by atomic mass is 9.74. The molecule has 1 saturated carbocycles. The summed E-state index contributed by atoms with van der Waals surface area (Å²) in [4.78, 5) is 4.38. The molecule has 1 aliphatic carbocycles. The van der Waals surface area contributed by atoms with Gasteiger partial charge in [-0.15, -0.1) is 0 Å². The third-order valence-electron chi connectivity index (χ3n) is 4.07. The van der Waals surface area contributed by atoms with Gasteiger partial charge >= 0.3 is 0 Å². The number of pyridine rings is 1. The van der Waals surface area contributed by atoms with Gasteiger partial charge in [-0.25, -0.2) is 0 Å². The van der Waals surface area contributed by atoms with E-state index >= 15 is 0 Å². The Morgan fingerprint density at radius 3 is 2.95 bits per heavy atom. The minimum atomic E-state index is -0.341. The van der Waals surface area contributed by atoms with Crippen molar-refractivity contribution in [1.29, 1.82) is 0 Å². The van der Waals surface area contributed by atoms with Crippen LogP contribution in [0.25, 0.3) is 10.9 Å². The van der Waals surface area contributed by atoms with Crippen LogP contribution in [0.15, 0.2) is 30.5 Å². The fourth-order valence-electron chi connectivity index (χ4n) is 3.15. The fraction of sp³-hybridized carbons (Fsp3) is 0.400. The van der Waals surface area contributed by atoms with Crippen molar-refractivity contribution < 1.29 is 0 Å². The maximum atomic E-state index is 6.63. The minimum absolute atomic E-state index is 0.189. The molecule has 4 N–H and O–H groups in total. The van der Waals surface area contributed by atoms with Gasteiger partial charge < -0.3 is 11.5 Å². The van der Waals surface area contributed by atoms with Gasteiger partial charge in [0.15, 0.2) is 0 Å². The van der Waals surface area contributed by atoms with Gasteiger partial charge in [0, 0.05) is 28.2 Å². The largest absolute Gasteiger partial charge is 0.328 e. The first-order valence-corrected chi connectivity index (χ1v) is 7.05.